The summed E-state index contributed by atoms with van der Waals surface area (Å²) in [4.78, 5) is 11.2. The van der Waals surface area contributed by atoms with E-state index >= 15 is 0 Å². The van der Waals surface area contributed by atoms with Crippen LogP contribution < -0.4 is 14.7 Å². The molecule has 0 radical (unpaired) electrons. The fourth-order valence-corrected chi connectivity index (χ4v) is 1.66. The van der Waals surface area contributed by atoms with Crippen molar-refractivity contribution in [1.29, 1.82) is 0 Å². The van der Waals surface area contributed by atoms with Crippen LogP contribution in [0.5, 0.6) is 11.5 Å². The van der Waals surface area contributed by atoms with Crippen molar-refractivity contribution < 1.29 is 19.0 Å². The first-order valence-corrected chi connectivity index (χ1v) is 5.81. The van der Waals surface area contributed by atoms with Gasteiger partial charge < -0.3 is 19.4 Å². The molecule has 1 aromatic carbocycles. The van der Waals surface area contributed by atoms with Gasteiger partial charge in [0.15, 0.2) is 19.5 Å². The Kier molecular flexibility index (Phi) is 5.95. The molecule has 0 aliphatic heterocycles. The number of rotatable bonds is 6. The number of nitrogens with one attached hydrogen (secondary N) is 1. The van der Waals surface area contributed by atoms with E-state index in [1.807, 2.05) is 20.1 Å². The van der Waals surface area contributed by atoms with Crippen molar-refractivity contribution in [2.45, 2.75) is 6.54 Å². The molecule has 1 rings (SSSR count). The fraction of sp³-hybridized carbons (Fsp3) is 0.308. The minimum atomic E-state index is -0.398. The molecule has 0 unspecified atom stereocenters. The monoisotopic (exact) mass is 263 g/mol. The Morgan fingerprint density at radius 3 is 2.42 bits per heavy atom. The molecule has 0 aliphatic carbocycles. The molecule has 0 heterocycles. The molecule has 1 N–H and O–H groups in total. The van der Waals surface area contributed by atoms with Crippen molar-refractivity contribution in [3.8, 4) is 11.5 Å². The fourth-order valence-electron chi connectivity index (χ4n) is 1.66. The van der Waals surface area contributed by atoms with E-state index in [1.54, 1.807) is 20.3 Å². The Morgan fingerprint density at radius 2 is 1.89 bits per heavy atom. The van der Waals surface area contributed by atoms with Gasteiger partial charge in [0.05, 0.1) is 21.3 Å². The zero-order valence-electron chi connectivity index (χ0n) is 11.6. The normalized spacial score (nSPS) is 10.5. The van der Waals surface area contributed by atoms with Gasteiger partial charge in [-0.2, -0.15) is 0 Å². The van der Waals surface area contributed by atoms with Gasteiger partial charge in [-0.25, -0.2) is 4.79 Å². The van der Waals surface area contributed by atoms with Crippen LogP contribution in [0, 0.1) is 0 Å². The highest BCUT2D eigenvalue weighted by molar-refractivity contribution is 6.04. The van der Waals surface area contributed by atoms with E-state index in [0.29, 0.717) is 18.0 Å². The van der Waals surface area contributed by atoms with Crippen LogP contribution in [-0.4, -0.2) is 35.3 Å². The molecular weight excluding hydrogens is 245 g/mol. The van der Waals surface area contributed by atoms with E-state index in [-0.39, 0.29) is 0 Å². The number of carbonyl (C=O) groups is 1. The summed E-state index contributed by atoms with van der Waals surface area (Å²) in [5, 5.41) is 3.07. The minimum absolute atomic E-state index is 0.398. The van der Waals surface area contributed by atoms with Crippen molar-refractivity contribution >= 4 is 20.0 Å². The predicted octanol–water partition coefficient (Wildman–Crippen LogP) is 0.528. The highest BCUT2D eigenvalue weighted by Gasteiger charge is 2.09. The molecule has 0 aromatic heterocycles. The van der Waals surface area contributed by atoms with Crippen LogP contribution in [0.15, 0.2) is 18.2 Å². The van der Waals surface area contributed by atoms with Crippen LogP contribution in [0.2, 0.25) is 0 Å². The Hall–Kier alpha value is -1.95. The minimum Gasteiger partial charge on any atom is -0.493 e. The van der Waals surface area contributed by atoms with E-state index in [2.05, 4.69) is 9.96 Å². The van der Waals surface area contributed by atoms with E-state index < -0.39 is 5.97 Å². The molecular formula is C13H18BNO4. The van der Waals surface area contributed by atoms with Crippen LogP contribution in [-0.2, 0) is 16.1 Å². The van der Waals surface area contributed by atoms with E-state index in [4.69, 9.17) is 9.47 Å². The largest absolute Gasteiger partial charge is 0.493 e. The smallest absolute Gasteiger partial charge is 0.330 e. The quantitative estimate of drug-likeness (QED) is 0.461. The third-order valence-electron chi connectivity index (χ3n) is 2.61. The lowest BCUT2D eigenvalue weighted by atomic mass is 10.0. The first-order valence-electron chi connectivity index (χ1n) is 5.81. The molecule has 0 aliphatic rings. The number of esters is 1. The lowest BCUT2D eigenvalue weighted by Gasteiger charge is -2.13. The van der Waals surface area contributed by atoms with E-state index in [0.717, 1.165) is 11.1 Å². The van der Waals surface area contributed by atoms with Gasteiger partial charge in [-0.3, -0.25) is 0 Å². The van der Waals surface area contributed by atoms with Crippen molar-refractivity contribution in [3.05, 3.63) is 29.3 Å². The third kappa shape index (κ3) is 4.03. The van der Waals surface area contributed by atoms with Gasteiger partial charge in [-0.1, -0.05) is 0 Å². The summed E-state index contributed by atoms with van der Waals surface area (Å²) in [5.41, 5.74) is 1.87. The molecule has 0 fully saturated rings. The molecule has 102 valence electrons. The molecule has 0 saturated carbocycles. The number of ether oxygens (including phenoxy) is 3. The van der Waals surface area contributed by atoms with Crippen molar-refractivity contribution in [3.63, 3.8) is 0 Å². The number of methoxy groups -OCH3 is 3. The maximum atomic E-state index is 11.2. The van der Waals surface area contributed by atoms with Crippen molar-refractivity contribution in [2.75, 3.05) is 21.3 Å². The second kappa shape index (κ2) is 7.48. The molecule has 0 spiro atoms. The number of benzene rings is 1. The molecule has 5 nitrogen and oxygen atoms in total. The first-order chi connectivity index (χ1) is 9.15. The van der Waals surface area contributed by atoms with E-state index in [9.17, 15) is 4.79 Å². The van der Waals surface area contributed by atoms with Gasteiger partial charge in [-0.05, 0) is 29.3 Å². The summed E-state index contributed by atoms with van der Waals surface area (Å²) in [6.45, 7) is 0.654. The molecule has 0 saturated heterocycles. The highest BCUT2D eigenvalue weighted by Crippen LogP contribution is 2.31. The lowest BCUT2D eigenvalue weighted by Crippen LogP contribution is -2.09. The summed E-state index contributed by atoms with van der Waals surface area (Å²) in [7, 11) is 6.36. The summed E-state index contributed by atoms with van der Waals surface area (Å²) in [6, 6.07) is 3.71. The first kappa shape index (κ1) is 15.1. The van der Waals surface area contributed by atoms with Gasteiger partial charge in [0.2, 0.25) is 0 Å². The van der Waals surface area contributed by atoms with Crippen molar-refractivity contribution in [2.24, 2.45) is 0 Å². The Bertz CT molecular complexity index is 474. The standard InChI is InChI=1S/C13H18BNO4/c1-17-11-6-9(4-5-13(16)19-3)10(8-15-14)7-12(11)18-2/h4-7,15H,8,14H2,1-3H3/b5-4+. The van der Waals surface area contributed by atoms with Crippen LogP contribution in [0.25, 0.3) is 6.08 Å². The van der Waals surface area contributed by atoms with Crippen LogP contribution in [0.4, 0.5) is 0 Å². The van der Waals surface area contributed by atoms with Gasteiger partial charge in [-0.15, -0.1) is 0 Å². The number of carbonyl (C=O) groups excluding carboxylic acids is 1. The maximum Gasteiger partial charge on any atom is 0.330 e. The van der Waals surface area contributed by atoms with Gasteiger partial charge in [0.1, 0.15) is 0 Å². The lowest BCUT2D eigenvalue weighted by molar-refractivity contribution is -0.134. The third-order valence-corrected chi connectivity index (χ3v) is 2.61. The van der Waals surface area contributed by atoms with Gasteiger partial charge in [0, 0.05) is 12.6 Å². The highest BCUT2D eigenvalue weighted by atomic mass is 16.5. The van der Waals surface area contributed by atoms with Crippen molar-refractivity contribution in [1.82, 2.24) is 5.23 Å². The molecule has 6 heteroatoms. The Morgan fingerprint density at radius 1 is 1.26 bits per heavy atom. The molecule has 0 bridgehead atoms. The summed E-state index contributed by atoms with van der Waals surface area (Å²) in [6.07, 6.45) is 3.07. The molecule has 1 aromatic rings. The second-order valence-corrected chi connectivity index (χ2v) is 3.79. The van der Waals surface area contributed by atoms with Gasteiger partial charge in [0.25, 0.3) is 0 Å². The van der Waals surface area contributed by atoms with Crippen LogP contribution in [0.3, 0.4) is 0 Å². The maximum absolute atomic E-state index is 11.2. The molecule has 0 amide bonds. The average Bonchev–Trinajstić information content (AvgIpc) is 2.45. The zero-order chi connectivity index (χ0) is 14.3. The summed E-state index contributed by atoms with van der Waals surface area (Å²) in [5.74, 6) is 0.875. The van der Waals surface area contributed by atoms with Crippen LogP contribution in [0.1, 0.15) is 11.1 Å². The Balaban J connectivity index is 3.18. The topological polar surface area (TPSA) is 56.8 Å². The molecule has 0 atom stereocenters. The SMILES string of the molecule is BNCc1cc(OC)c(OC)cc1/C=C/C(=O)OC. The number of hydrogen-bond acceptors (Lipinski definition) is 5. The van der Waals surface area contributed by atoms with E-state index in [1.165, 1.54) is 13.2 Å². The average molecular weight is 263 g/mol. The predicted molar refractivity (Wildman–Crippen MR) is 76.0 cm³/mol. The van der Waals surface area contributed by atoms with Crippen LogP contribution >= 0.6 is 0 Å². The summed E-state index contributed by atoms with van der Waals surface area (Å²) >= 11 is 0. The van der Waals surface area contributed by atoms with Gasteiger partial charge >= 0.3 is 5.97 Å². The zero-order valence-corrected chi connectivity index (χ0v) is 11.6. The molecule has 19 heavy (non-hydrogen) atoms. The Labute approximate surface area is 114 Å². The second-order valence-electron chi connectivity index (χ2n) is 3.79. The number of hydrogen-bond donors (Lipinski definition) is 1. The summed E-state index contributed by atoms with van der Waals surface area (Å²) < 4.78 is 15.1.